The number of piperidine rings is 1. The number of hydrogen-bond acceptors (Lipinski definition) is 6. The van der Waals surface area contributed by atoms with E-state index >= 15 is 0 Å². The highest BCUT2D eigenvalue weighted by Gasteiger charge is 2.26. The Balaban J connectivity index is 1.17. The summed E-state index contributed by atoms with van der Waals surface area (Å²) in [5.74, 6) is 1.79. The Hall–Kier alpha value is -3.68. The van der Waals surface area contributed by atoms with Gasteiger partial charge in [0.25, 0.3) is 0 Å². The molecule has 3 heterocycles. The molecule has 1 saturated heterocycles. The van der Waals surface area contributed by atoms with Gasteiger partial charge in [0, 0.05) is 36.3 Å². The first-order chi connectivity index (χ1) is 15.2. The van der Waals surface area contributed by atoms with Crippen molar-refractivity contribution < 1.29 is 18.7 Å². The van der Waals surface area contributed by atoms with Gasteiger partial charge in [-0.2, -0.15) is 0 Å². The van der Waals surface area contributed by atoms with Crippen molar-refractivity contribution >= 4 is 17.4 Å². The molecular weight excluding hydrogens is 399 g/mol. The van der Waals surface area contributed by atoms with Crippen molar-refractivity contribution in [2.75, 3.05) is 30.1 Å². The summed E-state index contributed by atoms with van der Waals surface area (Å²) >= 11 is 0. The van der Waals surface area contributed by atoms with Gasteiger partial charge in [0.05, 0.1) is 5.69 Å². The predicted molar refractivity (Wildman–Crippen MR) is 114 cm³/mol. The predicted octanol–water partition coefficient (Wildman–Crippen LogP) is 3.87. The van der Waals surface area contributed by atoms with Gasteiger partial charge in [-0.1, -0.05) is 0 Å². The van der Waals surface area contributed by atoms with Crippen LogP contribution >= 0.6 is 0 Å². The fraction of sp³-hybridized carbons (Fsp3) is 0.261. The molecule has 0 saturated carbocycles. The van der Waals surface area contributed by atoms with Gasteiger partial charge >= 0.3 is 0 Å². The summed E-state index contributed by atoms with van der Waals surface area (Å²) in [7, 11) is 0. The number of carbonyl (C=O) groups is 1. The molecule has 0 aliphatic carbocycles. The van der Waals surface area contributed by atoms with E-state index in [1.165, 1.54) is 12.1 Å². The lowest BCUT2D eigenvalue weighted by molar-refractivity contribution is -0.120. The number of carbonyl (C=O) groups excluding carboxylic acids is 1. The topological polar surface area (TPSA) is 76.6 Å². The van der Waals surface area contributed by atoms with Gasteiger partial charge in [-0.25, -0.2) is 4.39 Å². The number of aromatic nitrogens is 2. The quantitative estimate of drug-likeness (QED) is 0.691. The van der Waals surface area contributed by atoms with Crippen LogP contribution in [0.4, 0.5) is 15.9 Å². The standard InChI is InChI=1S/C23H21FN4O3/c24-17-3-1-15(2-4-17)19-6-8-22(27-26-19)28-11-9-16(10-12-28)23(29)25-18-5-7-20-21(13-18)31-14-30-20/h1-8,13,16H,9-12,14H2,(H,25,29). The third-order valence-electron chi connectivity index (χ3n) is 5.62. The molecule has 31 heavy (non-hydrogen) atoms. The van der Waals surface area contributed by atoms with Crippen molar-refractivity contribution in [3.63, 3.8) is 0 Å². The minimum atomic E-state index is -0.279. The molecule has 5 rings (SSSR count). The molecule has 0 unspecified atom stereocenters. The molecule has 7 nitrogen and oxygen atoms in total. The summed E-state index contributed by atoms with van der Waals surface area (Å²) in [5, 5.41) is 11.6. The van der Waals surface area contributed by atoms with E-state index in [1.807, 2.05) is 18.2 Å². The van der Waals surface area contributed by atoms with Crippen LogP contribution in [0.3, 0.4) is 0 Å². The molecule has 8 heteroatoms. The second kappa shape index (κ2) is 8.22. The highest BCUT2D eigenvalue weighted by atomic mass is 19.1. The Labute approximate surface area is 178 Å². The maximum Gasteiger partial charge on any atom is 0.231 e. The van der Waals surface area contributed by atoms with E-state index in [0.29, 0.717) is 22.9 Å². The summed E-state index contributed by atoms with van der Waals surface area (Å²) in [6.07, 6.45) is 1.47. The maximum absolute atomic E-state index is 13.1. The van der Waals surface area contributed by atoms with Crippen LogP contribution in [0.5, 0.6) is 11.5 Å². The monoisotopic (exact) mass is 420 g/mol. The van der Waals surface area contributed by atoms with Crippen molar-refractivity contribution in [3.8, 4) is 22.8 Å². The Morgan fingerprint density at radius 1 is 0.968 bits per heavy atom. The Kier molecular flexibility index (Phi) is 5.11. The second-order valence-electron chi connectivity index (χ2n) is 7.60. The lowest BCUT2D eigenvalue weighted by Gasteiger charge is -2.31. The van der Waals surface area contributed by atoms with Crippen LogP contribution < -0.4 is 19.7 Å². The molecule has 0 bridgehead atoms. The van der Waals surface area contributed by atoms with E-state index in [1.54, 1.807) is 24.3 Å². The molecule has 1 aromatic heterocycles. The SMILES string of the molecule is O=C(Nc1ccc2c(c1)OCO2)C1CCN(c2ccc(-c3ccc(F)cc3)nn2)CC1. The number of benzene rings is 2. The molecule has 1 fully saturated rings. The van der Waals surface area contributed by atoms with Crippen molar-refractivity contribution in [2.45, 2.75) is 12.8 Å². The fourth-order valence-corrected chi connectivity index (χ4v) is 3.86. The van der Waals surface area contributed by atoms with Crippen LogP contribution in [0, 0.1) is 11.7 Å². The Morgan fingerprint density at radius 2 is 1.74 bits per heavy atom. The molecule has 2 aliphatic rings. The van der Waals surface area contributed by atoms with Gasteiger partial charge in [-0.15, -0.1) is 10.2 Å². The first kappa shape index (κ1) is 19.3. The molecule has 0 radical (unpaired) electrons. The largest absolute Gasteiger partial charge is 0.454 e. The Bertz CT molecular complexity index is 1080. The van der Waals surface area contributed by atoms with Crippen LogP contribution in [-0.4, -0.2) is 36.0 Å². The van der Waals surface area contributed by atoms with E-state index in [2.05, 4.69) is 20.4 Å². The molecule has 1 amide bonds. The van der Waals surface area contributed by atoms with Crippen LogP contribution in [0.2, 0.25) is 0 Å². The van der Waals surface area contributed by atoms with Gasteiger partial charge < -0.3 is 19.7 Å². The molecule has 1 N–H and O–H groups in total. The number of nitrogens with one attached hydrogen (secondary N) is 1. The highest BCUT2D eigenvalue weighted by molar-refractivity contribution is 5.93. The molecule has 0 atom stereocenters. The average Bonchev–Trinajstić information content (AvgIpc) is 3.28. The van der Waals surface area contributed by atoms with E-state index in [9.17, 15) is 9.18 Å². The van der Waals surface area contributed by atoms with E-state index in [4.69, 9.17) is 9.47 Å². The van der Waals surface area contributed by atoms with Crippen LogP contribution in [0.1, 0.15) is 12.8 Å². The molecule has 158 valence electrons. The second-order valence-corrected chi connectivity index (χ2v) is 7.60. The highest BCUT2D eigenvalue weighted by Crippen LogP contribution is 2.34. The number of fused-ring (bicyclic) bond motifs is 1. The van der Waals surface area contributed by atoms with E-state index in [0.717, 1.165) is 37.3 Å². The third-order valence-corrected chi connectivity index (χ3v) is 5.62. The molecule has 3 aromatic rings. The summed E-state index contributed by atoms with van der Waals surface area (Å²) in [5.41, 5.74) is 2.22. The number of nitrogens with zero attached hydrogens (tertiary/aromatic N) is 3. The molecule has 0 spiro atoms. The van der Waals surface area contributed by atoms with Crippen molar-refractivity contribution in [2.24, 2.45) is 5.92 Å². The number of amides is 1. The molecule has 2 aromatic carbocycles. The van der Waals surface area contributed by atoms with Crippen molar-refractivity contribution in [1.82, 2.24) is 10.2 Å². The third kappa shape index (κ3) is 4.14. The number of ether oxygens (including phenoxy) is 2. The van der Waals surface area contributed by atoms with Crippen LogP contribution in [0.15, 0.2) is 54.6 Å². The van der Waals surface area contributed by atoms with Gasteiger partial charge in [-0.3, -0.25) is 4.79 Å². The summed E-state index contributed by atoms with van der Waals surface area (Å²) in [6, 6.07) is 15.4. The van der Waals surface area contributed by atoms with Gasteiger partial charge in [-0.05, 0) is 61.4 Å². The smallest absolute Gasteiger partial charge is 0.231 e. The van der Waals surface area contributed by atoms with Crippen molar-refractivity contribution in [1.29, 1.82) is 0 Å². The van der Waals surface area contributed by atoms with E-state index in [-0.39, 0.29) is 24.4 Å². The number of anilines is 2. The maximum atomic E-state index is 13.1. The number of rotatable bonds is 4. The average molecular weight is 420 g/mol. The van der Waals surface area contributed by atoms with Gasteiger partial charge in [0.15, 0.2) is 17.3 Å². The molecular formula is C23H21FN4O3. The minimum absolute atomic E-state index is 0.0104. The van der Waals surface area contributed by atoms with E-state index < -0.39 is 0 Å². The zero-order valence-corrected chi connectivity index (χ0v) is 16.8. The Morgan fingerprint density at radius 3 is 2.48 bits per heavy atom. The molecule has 2 aliphatic heterocycles. The lowest BCUT2D eigenvalue weighted by atomic mass is 9.95. The van der Waals surface area contributed by atoms with Crippen molar-refractivity contribution in [3.05, 3.63) is 60.4 Å². The number of hydrogen-bond donors (Lipinski definition) is 1. The summed E-state index contributed by atoms with van der Waals surface area (Å²) < 4.78 is 23.8. The summed E-state index contributed by atoms with van der Waals surface area (Å²) in [4.78, 5) is 14.8. The lowest BCUT2D eigenvalue weighted by Crippen LogP contribution is -2.38. The minimum Gasteiger partial charge on any atom is -0.454 e. The fourth-order valence-electron chi connectivity index (χ4n) is 3.86. The first-order valence-corrected chi connectivity index (χ1v) is 10.2. The van der Waals surface area contributed by atoms with Gasteiger partial charge in [0.2, 0.25) is 12.7 Å². The van der Waals surface area contributed by atoms with Crippen LogP contribution in [-0.2, 0) is 4.79 Å². The summed E-state index contributed by atoms with van der Waals surface area (Å²) in [6.45, 7) is 1.66. The number of halogens is 1. The van der Waals surface area contributed by atoms with Crippen LogP contribution in [0.25, 0.3) is 11.3 Å². The van der Waals surface area contributed by atoms with Gasteiger partial charge in [0.1, 0.15) is 5.82 Å². The normalized spacial score (nSPS) is 15.7. The zero-order chi connectivity index (χ0) is 21.2. The zero-order valence-electron chi connectivity index (χ0n) is 16.8. The first-order valence-electron chi connectivity index (χ1n) is 10.2.